The lowest BCUT2D eigenvalue weighted by atomic mass is 10.3. The molecule has 0 spiro atoms. The number of benzene rings is 2. The van der Waals surface area contributed by atoms with Gasteiger partial charge in [-0.15, -0.1) is 0 Å². The van der Waals surface area contributed by atoms with Crippen LogP contribution in [0.3, 0.4) is 0 Å². The summed E-state index contributed by atoms with van der Waals surface area (Å²) in [5.74, 6) is -0.214. The Morgan fingerprint density at radius 1 is 0.629 bits per heavy atom. The zero-order valence-corrected chi connectivity index (χ0v) is 21.2. The van der Waals surface area contributed by atoms with Crippen LogP contribution >= 0.6 is 0 Å². The molecule has 0 aliphatic heterocycles. The molecule has 0 atom stereocenters. The molecule has 0 unspecified atom stereocenters. The minimum atomic E-state index is -3.76. The highest BCUT2D eigenvalue weighted by Crippen LogP contribution is 2.25. The second-order valence-corrected chi connectivity index (χ2v) is 9.83. The highest BCUT2D eigenvalue weighted by Gasteiger charge is 2.18. The first-order valence-electron chi connectivity index (χ1n) is 11.9. The molecule has 2 aromatic carbocycles. The summed E-state index contributed by atoms with van der Waals surface area (Å²) in [5, 5.41) is 0. The van der Waals surface area contributed by atoms with E-state index in [0.717, 1.165) is 38.5 Å². The smallest absolute Gasteiger partial charge is 0.344 e. The van der Waals surface area contributed by atoms with Gasteiger partial charge in [-0.25, -0.2) is 18.0 Å². The number of hydrogen-bond donors (Lipinski definition) is 0. The van der Waals surface area contributed by atoms with Crippen molar-refractivity contribution in [2.45, 2.75) is 62.2 Å². The van der Waals surface area contributed by atoms with Crippen molar-refractivity contribution in [3.05, 3.63) is 48.5 Å². The Hall–Kier alpha value is -3.07. The summed E-state index contributed by atoms with van der Waals surface area (Å²) in [5.41, 5.74) is 0. The first kappa shape index (κ1) is 28.2. The van der Waals surface area contributed by atoms with Crippen molar-refractivity contribution in [2.24, 2.45) is 0 Å². The zero-order valence-electron chi connectivity index (χ0n) is 20.4. The summed E-state index contributed by atoms with van der Waals surface area (Å²) in [6.07, 6.45) is 5.69. The first-order valence-corrected chi connectivity index (χ1v) is 13.4. The third kappa shape index (κ3) is 9.98. The molecule has 0 bridgehead atoms. The van der Waals surface area contributed by atoms with E-state index in [4.69, 9.17) is 18.9 Å². The van der Waals surface area contributed by atoms with E-state index in [2.05, 4.69) is 13.8 Å². The molecule has 9 heteroatoms. The van der Waals surface area contributed by atoms with E-state index < -0.39 is 21.8 Å². The average Bonchev–Trinajstić information content (AvgIpc) is 2.87. The molecule has 35 heavy (non-hydrogen) atoms. The van der Waals surface area contributed by atoms with Crippen molar-refractivity contribution >= 4 is 21.8 Å². The van der Waals surface area contributed by atoms with Gasteiger partial charge < -0.3 is 18.9 Å². The molecular weight excluding hydrogens is 472 g/mol. The maximum atomic E-state index is 12.9. The maximum absolute atomic E-state index is 12.9. The average molecular weight is 507 g/mol. The number of carbonyl (C=O) groups is 2. The van der Waals surface area contributed by atoms with Crippen molar-refractivity contribution in [3.8, 4) is 11.5 Å². The molecule has 0 aromatic heterocycles. The van der Waals surface area contributed by atoms with Crippen LogP contribution in [0.2, 0.25) is 0 Å². The van der Waals surface area contributed by atoms with Crippen LogP contribution in [-0.4, -0.2) is 46.8 Å². The predicted molar refractivity (Wildman–Crippen MR) is 130 cm³/mol. The quantitative estimate of drug-likeness (QED) is 0.237. The lowest BCUT2D eigenvalue weighted by Crippen LogP contribution is -2.15. The molecule has 2 aromatic rings. The van der Waals surface area contributed by atoms with E-state index in [9.17, 15) is 18.0 Å². The minimum absolute atomic E-state index is 0.0799. The van der Waals surface area contributed by atoms with Crippen molar-refractivity contribution in [1.29, 1.82) is 0 Å². The Bertz CT molecular complexity index is 937. The molecule has 0 N–H and O–H groups in total. The largest absolute Gasteiger partial charge is 0.482 e. The Morgan fingerprint density at radius 3 is 1.34 bits per heavy atom. The molecule has 0 amide bonds. The van der Waals surface area contributed by atoms with E-state index in [1.54, 1.807) is 0 Å². The normalized spacial score (nSPS) is 11.0. The van der Waals surface area contributed by atoms with Crippen LogP contribution in [0.1, 0.15) is 52.4 Å². The van der Waals surface area contributed by atoms with Crippen LogP contribution in [0, 0.1) is 0 Å². The van der Waals surface area contributed by atoms with E-state index in [1.807, 2.05) is 0 Å². The molecule has 0 fully saturated rings. The highest BCUT2D eigenvalue weighted by molar-refractivity contribution is 7.91. The summed E-state index contributed by atoms with van der Waals surface area (Å²) < 4.78 is 46.7. The third-order valence-electron chi connectivity index (χ3n) is 5.00. The number of unbranched alkanes of at least 4 members (excludes halogenated alkanes) is 4. The van der Waals surface area contributed by atoms with E-state index in [1.165, 1.54) is 48.5 Å². The van der Waals surface area contributed by atoms with Crippen LogP contribution in [0.15, 0.2) is 58.3 Å². The lowest BCUT2D eigenvalue weighted by Gasteiger charge is -2.10. The zero-order chi connectivity index (χ0) is 25.5. The Morgan fingerprint density at radius 2 is 1.00 bits per heavy atom. The van der Waals surface area contributed by atoms with Gasteiger partial charge in [-0.3, -0.25) is 0 Å². The summed E-state index contributed by atoms with van der Waals surface area (Å²) in [7, 11) is -3.76. The molecular formula is C26H34O8S. The summed E-state index contributed by atoms with van der Waals surface area (Å²) in [6, 6.07) is 11.6. The Kier molecular flexibility index (Phi) is 12.1. The molecule has 0 aliphatic rings. The second-order valence-electron chi connectivity index (χ2n) is 7.88. The fourth-order valence-corrected chi connectivity index (χ4v) is 4.27. The standard InChI is InChI=1S/C26H34O8S/c1-3-5-7-17-31-25(27)19-33-21-9-13-23(14-10-21)35(29,30)24-15-11-22(12-16-24)34-20-26(28)32-18-8-6-4-2/h9-16H,3-8,17-20H2,1-2H3. The van der Waals surface area contributed by atoms with Gasteiger partial charge in [0.05, 0.1) is 23.0 Å². The van der Waals surface area contributed by atoms with Gasteiger partial charge in [0.1, 0.15) is 11.5 Å². The van der Waals surface area contributed by atoms with E-state index in [0.29, 0.717) is 24.7 Å². The SMILES string of the molecule is CCCCCOC(=O)COc1ccc(S(=O)(=O)c2ccc(OCC(=O)OCCCCC)cc2)cc1. The topological polar surface area (TPSA) is 105 Å². The number of carbonyl (C=O) groups excluding carboxylic acids is 2. The van der Waals surface area contributed by atoms with E-state index >= 15 is 0 Å². The molecule has 192 valence electrons. The Balaban J connectivity index is 1.85. The van der Waals surface area contributed by atoms with Crippen molar-refractivity contribution < 1.29 is 37.0 Å². The van der Waals surface area contributed by atoms with Crippen molar-refractivity contribution in [1.82, 2.24) is 0 Å². The number of hydrogen-bond acceptors (Lipinski definition) is 8. The van der Waals surface area contributed by atoms with Gasteiger partial charge in [0, 0.05) is 0 Å². The van der Waals surface area contributed by atoms with Gasteiger partial charge in [-0.05, 0) is 61.4 Å². The molecule has 2 rings (SSSR count). The fraction of sp³-hybridized carbons (Fsp3) is 0.462. The lowest BCUT2D eigenvalue weighted by molar-refractivity contribution is -0.147. The van der Waals surface area contributed by atoms with Gasteiger partial charge in [0.25, 0.3) is 0 Å². The van der Waals surface area contributed by atoms with E-state index in [-0.39, 0.29) is 23.0 Å². The van der Waals surface area contributed by atoms with Gasteiger partial charge in [-0.2, -0.15) is 0 Å². The molecule has 0 radical (unpaired) electrons. The maximum Gasteiger partial charge on any atom is 0.344 e. The third-order valence-corrected chi connectivity index (χ3v) is 6.79. The second kappa shape index (κ2) is 15.0. The van der Waals surface area contributed by atoms with Gasteiger partial charge >= 0.3 is 11.9 Å². The van der Waals surface area contributed by atoms with Crippen LogP contribution in [0.25, 0.3) is 0 Å². The Labute approximate surface area is 207 Å². The molecule has 0 heterocycles. The highest BCUT2D eigenvalue weighted by atomic mass is 32.2. The molecule has 0 aliphatic carbocycles. The van der Waals surface area contributed by atoms with Crippen LogP contribution < -0.4 is 9.47 Å². The molecule has 0 saturated carbocycles. The fourth-order valence-electron chi connectivity index (χ4n) is 3.01. The van der Waals surface area contributed by atoms with Gasteiger partial charge in [0.2, 0.25) is 9.84 Å². The van der Waals surface area contributed by atoms with Gasteiger partial charge in [0.15, 0.2) is 13.2 Å². The number of sulfone groups is 1. The van der Waals surface area contributed by atoms with Crippen molar-refractivity contribution in [2.75, 3.05) is 26.4 Å². The van der Waals surface area contributed by atoms with Crippen LogP contribution in [0.4, 0.5) is 0 Å². The number of esters is 2. The predicted octanol–water partition coefficient (Wildman–Crippen LogP) is 4.74. The molecule has 0 saturated heterocycles. The van der Waals surface area contributed by atoms with Gasteiger partial charge in [-0.1, -0.05) is 39.5 Å². The number of ether oxygens (including phenoxy) is 4. The minimum Gasteiger partial charge on any atom is -0.482 e. The summed E-state index contributed by atoms with van der Waals surface area (Å²) in [4.78, 5) is 23.5. The monoisotopic (exact) mass is 506 g/mol. The number of rotatable bonds is 16. The summed E-state index contributed by atoms with van der Waals surface area (Å²) >= 11 is 0. The van der Waals surface area contributed by atoms with Crippen LogP contribution in [0.5, 0.6) is 11.5 Å². The van der Waals surface area contributed by atoms with Crippen molar-refractivity contribution in [3.63, 3.8) is 0 Å². The summed E-state index contributed by atoms with van der Waals surface area (Å²) in [6.45, 7) is 4.36. The first-order chi connectivity index (χ1) is 16.9. The van der Waals surface area contributed by atoms with Crippen LogP contribution in [-0.2, 0) is 28.9 Å². The molecule has 8 nitrogen and oxygen atoms in total.